The summed E-state index contributed by atoms with van der Waals surface area (Å²) >= 11 is 0. The number of amides is 3. The van der Waals surface area contributed by atoms with Crippen molar-refractivity contribution < 1.29 is 19.2 Å². The standard InChI is InChI=1S/C42H68N6O4/c1-30(2)47-34(43-41(37(47)51)20-23-45(24-21-41)27-40(29-49)17-10-11-18-40)16-15-32(5)25-39(6,7)26-35-44-42(38(52)48(35)31(3)4)19-12-22-46(28-42)36(50)33-13-8-9-14-33/h29-33H,8-28H2,1-7H3. The third-order valence-electron chi connectivity index (χ3n) is 13.5. The van der Waals surface area contributed by atoms with Crippen LogP contribution in [0, 0.1) is 22.7 Å². The van der Waals surface area contributed by atoms with E-state index in [1.54, 1.807) is 0 Å². The summed E-state index contributed by atoms with van der Waals surface area (Å²) in [4.78, 5) is 72.4. The number of likely N-dealkylation sites (tertiary alicyclic amines) is 2. The summed E-state index contributed by atoms with van der Waals surface area (Å²) in [6.45, 7) is 18.8. The van der Waals surface area contributed by atoms with Crippen LogP contribution in [-0.2, 0) is 19.2 Å². The third kappa shape index (κ3) is 7.79. The lowest BCUT2D eigenvalue weighted by Crippen LogP contribution is -2.56. The van der Waals surface area contributed by atoms with Crippen molar-refractivity contribution in [3.8, 4) is 0 Å². The minimum atomic E-state index is -0.847. The Morgan fingerprint density at radius 2 is 1.40 bits per heavy atom. The Hall–Kier alpha value is -2.62. The van der Waals surface area contributed by atoms with Gasteiger partial charge in [-0.3, -0.25) is 34.2 Å². The Morgan fingerprint density at radius 3 is 2.02 bits per heavy atom. The van der Waals surface area contributed by atoms with Gasteiger partial charge in [0.05, 0.1) is 6.54 Å². The fourth-order valence-electron chi connectivity index (χ4n) is 10.8. The summed E-state index contributed by atoms with van der Waals surface area (Å²) < 4.78 is 0. The zero-order valence-corrected chi connectivity index (χ0v) is 33.6. The van der Waals surface area contributed by atoms with Crippen molar-refractivity contribution in [1.29, 1.82) is 0 Å². The number of nitrogens with zero attached hydrogens (tertiary/aromatic N) is 6. The van der Waals surface area contributed by atoms with Crippen LogP contribution in [-0.4, -0.2) is 111 Å². The van der Waals surface area contributed by atoms with Gasteiger partial charge >= 0.3 is 0 Å². The number of hydrogen-bond acceptors (Lipinski definition) is 7. The third-order valence-corrected chi connectivity index (χ3v) is 13.5. The molecule has 0 bridgehead atoms. The summed E-state index contributed by atoms with van der Waals surface area (Å²) in [5.41, 5.74) is -1.81. The van der Waals surface area contributed by atoms with Crippen LogP contribution in [0.1, 0.15) is 151 Å². The van der Waals surface area contributed by atoms with Crippen molar-refractivity contribution in [2.24, 2.45) is 32.7 Å². The predicted octanol–water partition coefficient (Wildman–Crippen LogP) is 6.65. The number of hydrogen-bond donors (Lipinski definition) is 0. The summed E-state index contributed by atoms with van der Waals surface area (Å²) in [7, 11) is 0. The first-order valence-electron chi connectivity index (χ1n) is 20.9. The van der Waals surface area contributed by atoms with Gasteiger partial charge in [-0.05, 0) is 103 Å². The molecule has 2 saturated carbocycles. The number of amidine groups is 2. The minimum Gasteiger partial charge on any atom is -0.339 e. The summed E-state index contributed by atoms with van der Waals surface area (Å²) in [5, 5.41) is 0. The molecule has 10 nitrogen and oxygen atoms in total. The number of carbonyl (C=O) groups excluding carboxylic acids is 4. The van der Waals surface area contributed by atoms with Gasteiger partial charge in [0, 0.05) is 62.4 Å². The monoisotopic (exact) mass is 721 g/mol. The van der Waals surface area contributed by atoms with Gasteiger partial charge in [0.25, 0.3) is 11.8 Å². The molecule has 0 N–H and O–H groups in total. The summed E-state index contributed by atoms with van der Waals surface area (Å²) in [5.74, 6) is 2.78. The Balaban J connectivity index is 1.08. The van der Waals surface area contributed by atoms with Crippen LogP contribution in [0.25, 0.3) is 0 Å². The largest absolute Gasteiger partial charge is 0.339 e. The molecule has 2 unspecified atom stereocenters. The first kappa shape index (κ1) is 39.1. The van der Waals surface area contributed by atoms with Crippen molar-refractivity contribution in [3.05, 3.63) is 0 Å². The highest BCUT2D eigenvalue weighted by Crippen LogP contribution is 2.42. The molecule has 6 rings (SSSR count). The lowest BCUT2D eigenvalue weighted by atomic mass is 9.78. The van der Waals surface area contributed by atoms with Gasteiger partial charge in [-0.1, -0.05) is 46.5 Å². The number of piperidine rings is 2. The van der Waals surface area contributed by atoms with E-state index in [-0.39, 0.29) is 46.6 Å². The van der Waals surface area contributed by atoms with E-state index in [0.29, 0.717) is 25.3 Å². The highest BCUT2D eigenvalue weighted by molar-refractivity contribution is 6.09. The zero-order chi connectivity index (χ0) is 37.5. The second kappa shape index (κ2) is 15.3. The highest BCUT2D eigenvalue weighted by atomic mass is 16.2. The zero-order valence-electron chi connectivity index (χ0n) is 33.6. The second-order valence-electron chi connectivity index (χ2n) is 19.2. The molecule has 4 fully saturated rings. The van der Waals surface area contributed by atoms with E-state index in [1.807, 2.05) is 14.7 Å². The maximum atomic E-state index is 14.2. The van der Waals surface area contributed by atoms with Crippen LogP contribution in [0.4, 0.5) is 0 Å². The summed E-state index contributed by atoms with van der Waals surface area (Å²) in [6, 6.07) is 0.0661. The molecular weight excluding hydrogens is 652 g/mol. The molecule has 0 aromatic rings. The first-order valence-corrected chi connectivity index (χ1v) is 20.9. The molecule has 0 aromatic carbocycles. The molecule has 290 valence electrons. The fourth-order valence-corrected chi connectivity index (χ4v) is 10.8. The molecule has 52 heavy (non-hydrogen) atoms. The minimum absolute atomic E-state index is 0.00715. The number of aliphatic imine (C=N–C) groups is 2. The van der Waals surface area contributed by atoms with E-state index >= 15 is 0 Å². The maximum absolute atomic E-state index is 14.2. The number of aldehydes is 1. The van der Waals surface area contributed by atoms with Crippen molar-refractivity contribution in [2.75, 3.05) is 32.7 Å². The molecule has 2 aliphatic carbocycles. The molecule has 2 saturated heterocycles. The first-order chi connectivity index (χ1) is 24.6. The Bertz CT molecular complexity index is 1410. The maximum Gasteiger partial charge on any atom is 0.257 e. The van der Waals surface area contributed by atoms with E-state index in [1.165, 1.54) is 6.29 Å². The Morgan fingerprint density at radius 1 is 0.808 bits per heavy atom. The van der Waals surface area contributed by atoms with Gasteiger partial charge in [-0.25, -0.2) is 0 Å². The molecule has 3 amide bonds. The molecule has 2 spiro atoms. The highest BCUT2D eigenvalue weighted by Gasteiger charge is 2.53. The molecule has 10 heteroatoms. The Kier molecular flexibility index (Phi) is 11.5. The van der Waals surface area contributed by atoms with E-state index in [2.05, 4.69) is 53.4 Å². The van der Waals surface area contributed by atoms with Crippen molar-refractivity contribution in [2.45, 2.75) is 174 Å². The predicted molar refractivity (Wildman–Crippen MR) is 206 cm³/mol. The van der Waals surface area contributed by atoms with E-state index < -0.39 is 11.1 Å². The molecule has 0 aromatic heterocycles. The normalized spacial score (nSPS) is 27.5. The van der Waals surface area contributed by atoms with Crippen LogP contribution in [0.5, 0.6) is 0 Å². The molecular formula is C42H68N6O4. The second-order valence-corrected chi connectivity index (χ2v) is 19.2. The SMILES string of the molecule is CC(CCC1=NC2(CCN(CC3(C=O)CCCC3)CC2)C(=O)N1C(C)C)CC(C)(C)CC1=NC2(CCCN(C(=O)C3CCCC3)C2)C(=O)N1C(C)C. The summed E-state index contributed by atoms with van der Waals surface area (Å²) in [6.07, 6.45) is 16.0. The van der Waals surface area contributed by atoms with Crippen molar-refractivity contribution in [3.63, 3.8) is 0 Å². The van der Waals surface area contributed by atoms with Gasteiger partial charge in [-0.2, -0.15) is 0 Å². The quantitative estimate of drug-likeness (QED) is 0.198. The number of carbonyl (C=O) groups is 4. The van der Waals surface area contributed by atoms with Crippen molar-refractivity contribution in [1.82, 2.24) is 19.6 Å². The molecule has 6 aliphatic rings. The van der Waals surface area contributed by atoms with Gasteiger partial charge < -0.3 is 14.6 Å². The van der Waals surface area contributed by atoms with Crippen LogP contribution in [0.15, 0.2) is 9.98 Å². The average molecular weight is 721 g/mol. The molecule has 4 aliphatic heterocycles. The molecule has 2 atom stereocenters. The fraction of sp³-hybridized carbons (Fsp3) is 0.857. The van der Waals surface area contributed by atoms with Crippen LogP contribution in [0.3, 0.4) is 0 Å². The van der Waals surface area contributed by atoms with E-state index in [9.17, 15) is 19.2 Å². The van der Waals surface area contributed by atoms with E-state index in [0.717, 1.165) is 128 Å². The lowest BCUT2D eigenvalue weighted by Gasteiger charge is -2.39. The van der Waals surface area contributed by atoms with Gasteiger partial charge in [0.1, 0.15) is 23.5 Å². The lowest BCUT2D eigenvalue weighted by molar-refractivity contribution is -0.141. The van der Waals surface area contributed by atoms with Gasteiger partial charge in [-0.15, -0.1) is 0 Å². The number of rotatable bonds is 13. The van der Waals surface area contributed by atoms with Gasteiger partial charge in [0.2, 0.25) is 5.91 Å². The molecule has 4 heterocycles. The van der Waals surface area contributed by atoms with Crippen LogP contribution >= 0.6 is 0 Å². The smallest absolute Gasteiger partial charge is 0.257 e. The topological polar surface area (TPSA) is 106 Å². The Labute approximate surface area is 313 Å². The van der Waals surface area contributed by atoms with Crippen LogP contribution < -0.4 is 0 Å². The molecule has 0 radical (unpaired) electrons. The van der Waals surface area contributed by atoms with Crippen molar-refractivity contribution >= 4 is 35.7 Å². The van der Waals surface area contributed by atoms with E-state index in [4.69, 9.17) is 9.98 Å². The van der Waals surface area contributed by atoms with Crippen LogP contribution in [0.2, 0.25) is 0 Å². The van der Waals surface area contributed by atoms with Gasteiger partial charge in [0.15, 0.2) is 5.54 Å². The average Bonchev–Trinajstić information content (AvgIpc) is 3.88.